The molecule has 5 atom stereocenters. The first-order chi connectivity index (χ1) is 20.7. The topological polar surface area (TPSA) is 143 Å². The summed E-state index contributed by atoms with van der Waals surface area (Å²) >= 11 is 5.88. The summed E-state index contributed by atoms with van der Waals surface area (Å²) in [5.41, 5.74) is 0.321. The van der Waals surface area contributed by atoms with E-state index in [-0.39, 0.29) is 31.0 Å². The lowest BCUT2D eigenvalue weighted by Crippen LogP contribution is -2.71. The number of hydrogen-bond donors (Lipinski definition) is 4. The molecule has 2 unspecified atom stereocenters. The lowest BCUT2D eigenvalue weighted by atomic mass is 9.86. The summed E-state index contributed by atoms with van der Waals surface area (Å²) in [6.45, 7) is 2.72. The van der Waals surface area contributed by atoms with Crippen LogP contribution in [0, 0.1) is 11.7 Å². The van der Waals surface area contributed by atoms with E-state index < -0.39 is 30.7 Å². The van der Waals surface area contributed by atoms with Gasteiger partial charge in [-0.05, 0) is 49.7 Å². The maximum Gasteiger partial charge on any atom is 0.227 e. The summed E-state index contributed by atoms with van der Waals surface area (Å²) < 4.78 is 20.7. The van der Waals surface area contributed by atoms with E-state index in [0.717, 1.165) is 45.2 Å². The molecule has 13 heteroatoms. The van der Waals surface area contributed by atoms with Crippen molar-refractivity contribution in [1.29, 1.82) is 0 Å². The lowest BCUT2D eigenvalue weighted by molar-refractivity contribution is -0.150. The Bertz CT molecular complexity index is 1210. The molecule has 5 heterocycles. The number of carbonyl (C=O) groups is 1. The zero-order chi connectivity index (χ0) is 30.5. The molecule has 2 bridgehead atoms. The number of aliphatic hydroxyl groups excluding tert-OH is 4. The van der Waals surface area contributed by atoms with Crippen LogP contribution in [0.1, 0.15) is 37.7 Å². The van der Waals surface area contributed by atoms with Crippen LogP contribution >= 0.6 is 11.6 Å². The van der Waals surface area contributed by atoms with Crippen molar-refractivity contribution in [2.45, 2.75) is 68.9 Å². The maximum atomic E-state index is 14.9. The predicted octanol–water partition coefficient (Wildman–Crippen LogP) is 1.25. The van der Waals surface area contributed by atoms with Crippen molar-refractivity contribution in [2.24, 2.45) is 5.92 Å². The van der Waals surface area contributed by atoms with Crippen molar-refractivity contribution in [3.63, 3.8) is 0 Å². The number of rotatable bonds is 13. The van der Waals surface area contributed by atoms with Gasteiger partial charge in [0.15, 0.2) is 0 Å². The predicted molar refractivity (Wildman–Crippen MR) is 157 cm³/mol. The molecule has 11 nitrogen and oxygen atoms in total. The molecule has 0 radical (unpaired) electrons. The van der Waals surface area contributed by atoms with Gasteiger partial charge in [0.25, 0.3) is 0 Å². The summed E-state index contributed by atoms with van der Waals surface area (Å²) in [5, 5.41) is 39.2. The van der Waals surface area contributed by atoms with Gasteiger partial charge < -0.3 is 35.0 Å². The SMILES string of the molecule is O=C(Cc1ccc(OCCCC2CCN(c3ncc(Cl)cn3)CC2)cc1F)N1CC2CC(C1)N2C[C@H](O)[C@H](O)[C@H](O)CO. The number of aromatic nitrogens is 2. The third-order valence-corrected chi connectivity index (χ3v) is 9.16. The average molecular weight is 622 g/mol. The van der Waals surface area contributed by atoms with Gasteiger partial charge in [0.1, 0.15) is 23.8 Å². The molecule has 236 valence electrons. The van der Waals surface area contributed by atoms with Gasteiger partial charge in [-0.15, -0.1) is 0 Å². The second-order valence-electron chi connectivity index (χ2n) is 11.9. The molecule has 0 spiro atoms. The second kappa shape index (κ2) is 14.4. The highest BCUT2D eigenvalue weighted by molar-refractivity contribution is 6.30. The third-order valence-electron chi connectivity index (χ3n) is 8.97. The van der Waals surface area contributed by atoms with E-state index in [2.05, 4.69) is 14.9 Å². The lowest BCUT2D eigenvalue weighted by Gasteiger charge is -2.57. The van der Waals surface area contributed by atoms with Crippen molar-refractivity contribution >= 4 is 23.5 Å². The van der Waals surface area contributed by atoms with Gasteiger partial charge in [0.2, 0.25) is 11.9 Å². The molecule has 0 saturated carbocycles. The smallest absolute Gasteiger partial charge is 0.227 e. The number of anilines is 1. The summed E-state index contributed by atoms with van der Waals surface area (Å²) in [4.78, 5) is 27.5. The first-order valence-electron chi connectivity index (χ1n) is 15.0. The van der Waals surface area contributed by atoms with Gasteiger partial charge in [0, 0.05) is 50.9 Å². The van der Waals surface area contributed by atoms with Crippen molar-refractivity contribution in [1.82, 2.24) is 19.8 Å². The number of piperidine rings is 2. The van der Waals surface area contributed by atoms with Crippen LogP contribution in [-0.2, 0) is 11.2 Å². The van der Waals surface area contributed by atoms with Crippen LogP contribution in [0.3, 0.4) is 0 Å². The average Bonchev–Trinajstić information content (AvgIpc) is 3.03. The molecular formula is C30H41ClFN5O6. The first-order valence-corrected chi connectivity index (χ1v) is 15.4. The fourth-order valence-electron chi connectivity index (χ4n) is 6.37. The van der Waals surface area contributed by atoms with E-state index in [9.17, 15) is 24.5 Å². The summed E-state index contributed by atoms with van der Waals surface area (Å²) in [5.74, 6) is 1.13. The number of nitrogens with zero attached hydrogens (tertiary/aromatic N) is 5. The minimum Gasteiger partial charge on any atom is -0.493 e. The summed E-state index contributed by atoms with van der Waals surface area (Å²) in [7, 11) is 0. The Hall–Kier alpha value is -2.61. The molecule has 6 rings (SSSR count). The first kappa shape index (κ1) is 31.8. The molecule has 4 fully saturated rings. The van der Waals surface area contributed by atoms with E-state index in [1.807, 2.05) is 4.90 Å². The fraction of sp³-hybridized carbons (Fsp3) is 0.633. The van der Waals surface area contributed by atoms with Crippen molar-refractivity contribution in [3.05, 3.63) is 47.0 Å². The van der Waals surface area contributed by atoms with Crippen molar-refractivity contribution < 1.29 is 34.3 Å². The van der Waals surface area contributed by atoms with E-state index in [4.69, 9.17) is 21.4 Å². The van der Waals surface area contributed by atoms with Gasteiger partial charge in [-0.25, -0.2) is 14.4 Å². The quantitative estimate of drug-likeness (QED) is 0.241. The highest BCUT2D eigenvalue weighted by Crippen LogP contribution is 2.33. The minimum atomic E-state index is -1.44. The number of aliphatic hydroxyl groups is 4. The zero-order valence-electron chi connectivity index (χ0n) is 24.1. The van der Waals surface area contributed by atoms with Gasteiger partial charge in [-0.1, -0.05) is 17.7 Å². The van der Waals surface area contributed by atoms with Crippen molar-refractivity contribution in [3.8, 4) is 5.75 Å². The number of halogens is 2. The molecule has 2 aromatic rings. The molecule has 1 aromatic carbocycles. The Morgan fingerprint density at radius 2 is 1.79 bits per heavy atom. The van der Waals surface area contributed by atoms with Crippen LogP contribution in [0.15, 0.2) is 30.6 Å². The Labute approximate surface area is 255 Å². The van der Waals surface area contributed by atoms with Crippen LogP contribution in [0.5, 0.6) is 5.75 Å². The van der Waals surface area contributed by atoms with Gasteiger partial charge >= 0.3 is 0 Å². The molecular weight excluding hydrogens is 581 g/mol. The molecule has 4 aliphatic heterocycles. The number of carbonyl (C=O) groups excluding carboxylic acids is 1. The Morgan fingerprint density at radius 3 is 2.44 bits per heavy atom. The van der Waals surface area contributed by atoms with E-state index in [1.54, 1.807) is 29.4 Å². The van der Waals surface area contributed by atoms with Crippen LogP contribution < -0.4 is 9.64 Å². The molecule has 1 aromatic heterocycles. The minimum absolute atomic E-state index is 0.0292. The Kier molecular flexibility index (Phi) is 10.7. The monoisotopic (exact) mass is 621 g/mol. The summed E-state index contributed by atoms with van der Waals surface area (Å²) in [6, 6.07) is 4.72. The third kappa shape index (κ3) is 7.92. The number of fused-ring (bicyclic) bond motifs is 2. The largest absolute Gasteiger partial charge is 0.493 e. The normalized spacial score (nSPS) is 23.0. The van der Waals surface area contributed by atoms with E-state index in [0.29, 0.717) is 47.9 Å². The van der Waals surface area contributed by atoms with Crippen LogP contribution in [0.2, 0.25) is 5.02 Å². The zero-order valence-corrected chi connectivity index (χ0v) is 24.9. The van der Waals surface area contributed by atoms with Gasteiger partial charge in [-0.2, -0.15) is 0 Å². The summed E-state index contributed by atoms with van der Waals surface area (Å²) in [6.07, 6.45) is 4.00. The molecule has 1 amide bonds. The van der Waals surface area contributed by atoms with Crippen LogP contribution in [0.4, 0.5) is 10.3 Å². The Balaban J connectivity index is 1.00. The maximum absolute atomic E-state index is 14.9. The molecule has 4 aliphatic rings. The van der Waals surface area contributed by atoms with E-state index in [1.165, 1.54) is 6.07 Å². The van der Waals surface area contributed by atoms with Crippen molar-refractivity contribution in [2.75, 3.05) is 50.8 Å². The molecule has 4 N–H and O–H groups in total. The number of benzene rings is 1. The van der Waals surface area contributed by atoms with Gasteiger partial charge in [0.05, 0.1) is 43.2 Å². The Morgan fingerprint density at radius 1 is 1.09 bits per heavy atom. The second-order valence-corrected chi connectivity index (χ2v) is 12.3. The molecule has 43 heavy (non-hydrogen) atoms. The van der Waals surface area contributed by atoms with E-state index >= 15 is 0 Å². The van der Waals surface area contributed by atoms with Crippen LogP contribution in [0.25, 0.3) is 0 Å². The molecule has 4 saturated heterocycles. The standard InChI is InChI=1S/C30H41ClFN5O6/c31-21-13-33-30(34-14-21)35-7-5-19(6-8-35)2-1-9-43-24-4-3-20(25(32)12-24)10-28(41)36-15-22-11-23(16-36)37(22)17-26(39)29(42)27(40)18-38/h3-4,12-14,19,22-23,26-27,29,38-40,42H,1-2,5-11,15-18H2/t22?,23?,26-,27+,29-/m0/s1. The fourth-order valence-corrected chi connectivity index (χ4v) is 6.46. The number of amides is 1. The number of hydrogen-bond acceptors (Lipinski definition) is 10. The number of piperazine rings is 1. The highest BCUT2D eigenvalue weighted by atomic mass is 35.5. The van der Waals surface area contributed by atoms with Gasteiger partial charge in [-0.3, -0.25) is 9.69 Å². The number of ether oxygens (including phenoxy) is 1. The van der Waals surface area contributed by atoms with Crippen LogP contribution in [-0.4, -0.2) is 122 Å². The molecule has 0 aliphatic carbocycles. The highest BCUT2D eigenvalue weighted by Gasteiger charge is 2.47.